The smallest absolute Gasteiger partial charge is 0.174 e. The first-order valence-electron chi connectivity index (χ1n) is 11.7. The van der Waals surface area contributed by atoms with Crippen molar-refractivity contribution in [3.63, 3.8) is 0 Å². The summed E-state index contributed by atoms with van der Waals surface area (Å²) in [6, 6.07) is 18.9. The number of thiocarbonyl (C=S) groups is 1. The van der Waals surface area contributed by atoms with Gasteiger partial charge in [0, 0.05) is 28.7 Å². The number of nitrogens with zero attached hydrogens (tertiary/aromatic N) is 3. The zero-order valence-corrected chi connectivity index (χ0v) is 23.2. The second kappa shape index (κ2) is 10.2. The molecular weight excluding hydrogens is 527 g/mol. The number of ether oxygens (including phenoxy) is 2. The highest BCUT2D eigenvalue weighted by Gasteiger charge is 2.43. The average Bonchev–Trinajstić information content (AvgIpc) is 3.39. The summed E-state index contributed by atoms with van der Waals surface area (Å²) in [5.74, 6) is 1.39. The van der Waals surface area contributed by atoms with Crippen LogP contribution in [0.1, 0.15) is 34.7 Å². The molecule has 5 rings (SSSR count). The van der Waals surface area contributed by atoms with Crippen molar-refractivity contribution in [2.75, 3.05) is 19.1 Å². The first kappa shape index (κ1) is 25.4. The van der Waals surface area contributed by atoms with Crippen LogP contribution in [0.2, 0.25) is 10.0 Å². The zero-order valence-electron chi connectivity index (χ0n) is 20.8. The normalized spacial score (nSPS) is 17.1. The van der Waals surface area contributed by atoms with Gasteiger partial charge < -0.3 is 24.3 Å². The van der Waals surface area contributed by atoms with Crippen molar-refractivity contribution in [2.24, 2.45) is 0 Å². The Hall–Kier alpha value is -3.26. The standard InChI is InChI=1S/C28H26Cl2N4O2S/c1-16-13-20(17(2)33(16)23-10-8-18(29)14-21(23)30)27-26(22-7-5-6-12-31-22)32-28(37)34(27)24-15-19(35-3)9-11-25(24)36-4/h5-15,26-27H,1-4H3,(H,32,37)/t26-,27+/m1/s1. The predicted molar refractivity (Wildman–Crippen MR) is 153 cm³/mol. The van der Waals surface area contributed by atoms with Crippen LogP contribution in [0.15, 0.2) is 66.9 Å². The number of halogens is 2. The van der Waals surface area contributed by atoms with Crippen LogP contribution in [0.3, 0.4) is 0 Å². The van der Waals surface area contributed by atoms with Gasteiger partial charge in [-0.2, -0.15) is 0 Å². The van der Waals surface area contributed by atoms with Gasteiger partial charge in [-0.25, -0.2) is 0 Å². The number of benzene rings is 2. The fourth-order valence-electron chi connectivity index (χ4n) is 5.04. The molecule has 0 unspecified atom stereocenters. The Balaban J connectivity index is 1.73. The Bertz CT molecular complexity index is 1470. The van der Waals surface area contributed by atoms with E-state index in [-0.39, 0.29) is 12.1 Å². The lowest BCUT2D eigenvalue weighted by atomic mass is 9.96. The summed E-state index contributed by atoms with van der Waals surface area (Å²) < 4.78 is 13.4. The van der Waals surface area contributed by atoms with E-state index in [4.69, 9.17) is 44.9 Å². The minimum absolute atomic E-state index is 0.209. The molecule has 1 N–H and O–H groups in total. The molecule has 9 heteroatoms. The minimum atomic E-state index is -0.227. The van der Waals surface area contributed by atoms with Crippen molar-refractivity contribution in [3.05, 3.63) is 99.6 Å². The number of aryl methyl sites for hydroxylation is 1. The quantitative estimate of drug-likeness (QED) is 0.260. The summed E-state index contributed by atoms with van der Waals surface area (Å²) in [5, 5.41) is 5.26. The van der Waals surface area contributed by atoms with E-state index < -0.39 is 0 Å². The van der Waals surface area contributed by atoms with Crippen molar-refractivity contribution < 1.29 is 9.47 Å². The molecule has 2 aromatic carbocycles. The molecular formula is C28H26Cl2N4O2S. The summed E-state index contributed by atoms with van der Waals surface area (Å²) in [4.78, 5) is 6.76. The van der Waals surface area contributed by atoms with Gasteiger partial charge in [-0.3, -0.25) is 4.98 Å². The Labute approximate surface area is 231 Å². The molecule has 0 aliphatic carbocycles. The molecule has 0 bridgehead atoms. The predicted octanol–water partition coefficient (Wildman–Crippen LogP) is 6.99. The highest BCUT2D eigenvalue weighted by atomic mass is 35.5. The van der Waals surface area contributed by atoms with E-state index in [9.17, 15) is 0 Å². The van der Waals surface area contributed by atoms with Crippen molar-refractivity contribution in [2.45, 2.75) is 25.9 Å². The van der Waals surface area contributed by atoms with Gasteiger partial charge in [0.05, 0.1) is 48.4 Å². The second-order valence-corrected chi connectivity index (χ2v) is 10.0. The van der Waals surface area contributed by atoms with E-state index in [2.05, 4.69) is 39.7 Å². The lowest BCUT2D eigenvalue weighted by Crippen LogP contribution is -2.30. The van der Waals surface area contributed by atoms with Gasteiger partial charge in [0.15, 0.2) is 5.11 Å². The maximum absolute atomic E-state index is 6.63. The van der Waals surface area contributed by atoms with Crippen LogP contribution >= 0.6 is 35.4 Å². The van der Waals surface area contributed by atoms with Crippen LogP contribution in [-0.2, 0) is 0 Å². The molecule has 6 nitrogen and oxygen atoms in total. The third-order valence-electron chi connectivity index (χ3n) is 6.68. The van der Waals surface area contributed by atoms with E-state index >= 15 is 0 Å². The van der Waals surface area contributed by atoms with Crippen molar-refractivity contribution in [1.82, 2.24) is 14.9 Å². The minimum Gasteiger partial charge on any atom is -0.497 e. The van der Waals surface area contributed by atoms with Gasteiger partial charge in [-0.15, -0.1) is 0 Å². The largest absolute Gasteiger partial charge is 0.497 e. The first-order chi connectivity index (χ1) is 17.8. The summed E-state index contributed by atoms with van der Waals surface area (Å²) in [6.07, 6.45) is 1.79. The molecule has 0 spiro atoms. The Kier molecular flexibility index (Phi) is 7.03. The van der Waals surface area contributed by atoms with Crippen molar-refractivity contribution in [1.29, 1.82) is 0 Å². The molecule has 190 valence electrons. The lowest BCUT2D eigenvalue weighted by molar-refractivity contribution is 0.403. The molecule has 4 aromatic rings. The van der Waals surface area contributed by atoms with E-state index in [0.29, 0.717) is 26.7 Å². The van der Waals surface area contributed by atoms with Crippen molar-refractivity contribution >= 4 is 46.2 Å². The summed E-state index contributed by atoms with van der Waals surface area (Å²) in [7, 11) is 3.29. The Morgan fingerprint density at radius 3 is 2.43 bits per heavy atom. The van der Waals surface area contributed by atoms with E-state index in [0.717, 1.165) is 34.0 Å². The van der Waals surface area contributed by atoms with E-state index in [1.807, 2.05) is 48.5 Å². The summed E-state index contributed by atoms with van der Waals surface area (Å²) in [5.41, 5.74) is 5.70. The molecule has 2 atom stereocenters. The fraction of sp³-hybridized carbons (Fsp3) is 0.214. The molecule has 2 aromatic heterocycles. The Morgan fingerprint density at radius 2 is 1.76 bits per heavy atom. The highest BCUT2D eigenvalue weighted by Crippen LogP contribution is 2.47. The topological polar surface area (TPSA) is 51.6 Å². The monoisotopic (exact) mass is 552 g/mol. The van der Waals surface area contributed by atoms with Crippen LogP contribution in [0.4, 0.5) is 5.69 Å². The average molecular weight is 554 g/mol. The molecule has 37 heavy (non-hydrogen) atoms. The van der Waals surface area contributed by atoms with Gasteiger partial charge in [0.25, 0.3) is 0 Å². The SMILES string of the molecule is COc1ccc(OC)c(N2C(=S)N[C@H](c3ccccn3)[C@@H]2c2cc(C)n(-c3ccc(Cl)cc3Cl)c2C)c1. The summed E-state index contributed by atoms with van der Waals surface area (Å²) >= 11 is 18.7. The Morgan fingerprint density at radius 1 is 0.946 bits per heavy atom. The van der Waals surface area contributed by atoms with Gasteiger partial charge in [0.1, 0.15) is 11.5 Å². The highest BCUT2D eigenvalue weighted by molar-refractivity contribution is 7.80. The van der Waals surface area contributed by atoms with Crippen LogP contribution in [0.25, 0.3) is 5.69 Å². The van der Waals surface area contributed by atoms with E-state index in [1.54, 1.807) is 26.5 Å². The zero-order chi connectivity index (χ0) is 26.3. The maximum atomic E-state index is 6.63. The molecule has 1 fully saturated rings. The van der Waals surface area contributed by atoms with Gasteiger partial charge in [0.2, 0.25) is 0 Å². The molecule has 3 heterocycles. The lowest BCUT2D eigenvalue weighted by Gasteiger charge is -2.29. The van der Waals surface area contributed by atoms with Gasteiger partial charge >= 0.3 is 0 Å². The number of anilines is 1. The van der Waals surface area contributed by atoms with Crippen molar-refractivity contribution in [3.8, 4) is 17.2 Å². The number of aromatic nitrogens is 2. The number of hydrogen-bond donors (Lipinski definition) is 1. The molecule has 0 radical (unpaired) electrons. The number of pyridine rings is 1. The molecule has 1 aliphatic rings. The van der Waals surface area contributed by atoms with Gasteiger partial charge in [-0.05, 0) is 80.2 Å². The number of hydrogen-bond acceptors (Lipinski definition) is 4. The first-order valence-corrected chi connectivity index (χ1v) is 12.9. The van der Waals surface area contributed by atoms with E-state index in [1.165, 1.54) is 0 Å². The second-order valence-electron chi connectivity index (χ2n) is 8.79. The van der Waals surface area contributed by atoms with Crippen LogP contribution in [-0.4, -0.2) is 28.9 Å². The molecule has 0 saturated carbocycles. The number of methoxy groups -OCH3 is 2. The molecule has 1 aliphatic heterocycles. The summed E-state index contributed by atoms with van der Waals surface area (Å²) in [6.45, 7) is 4.15. The maximum Gasteiger partial charge on any atom is 0.174 e. The molecule has 1 saturated heterocycles. The number of rotatable bonds is 6. The third kappa shape index (κ3) is 4.52. The van der Waals surface area contributed by atoms with Crippen LogP contribution in [0, 0.1) is 13.8 Å². The van der Waals surface area contributed by atoms with Crippen LogP contribution in [0.5, 0.6) is 11.5 Å². The fourth-order valence-corrected chi connectivity index (χ4v) is 5.87. The van der Waals surface area contributed by atoms with Crippen LogP contribution < -0.4 is 19.7 Å². The number of nitrogens with one attached hydrogen (secondary N) is 1. The molecule has 0 amide bonds. The van der Waals surface area contributed by atoms with Gasteiger partial charge in [-0.1, -0.05) is 29.3 Å². The third-order valence-corrected chi connectivity index (χ3v) is 7.54.